The SMILES string of the molecule is CC\C=C/C=C\C=C/C=C\C=C\C=C/CCCCCC(=O)OCC(COC(=O)CCCC/C=C\C/C=C\C/C=C\CC)OC(=O)CCCCCCCCC/C=C\C/C=C\CCCCC. The van der Waals surface area contributed by atoms with Gasteiger partial charge >= 0.3 is 17.9 Å². The predicted molar refractivity (Wildman–Crippen MR) is 274 cm³/mol. The molecule has 1 atom stereocenters. The van der Waals surface area contributed by atoms with Crippen LogP contribution in [0, 0.1) is 0 Å². The summed E-state index contributed by atoms with van der Waals surface area (Å²) < 4.78 is 16.7. The van der Waals surface area contributed by atoms with Gasteiger partial charge in [-0.2, -0.15) is 0 Å². The third-order valence-electron chi connectivity index (χ3n) is 10.0. The molecular formula is C58H90O6. The van der Waals surface area contributed by atoms with Crippen LogP contribution in [-0.2, 0) is 28.6 Å². The van der Waals surface area contributed by atoms with Crippen LogP contribution in [0.25, 0.3) is 0 Å². The molecule has 0 rings (SSSR count). The second-order valence-electron chi connectivity index (χ2n) is 16.1. The third-order valence-corrected chi connectivity index (χ3v) is 10.0. The fraction of sp³-hybridized carbons (Fsp3) is 0.569. The summed E-state index contributed by atoms with van der Waals surface area (Å²) >= 11 is 0. The lowest BCUT2D eigenvalue weighted by Gasteiger charge is -2.18. The number of ether oxygens (including phenoxy) is 3. The maximum Gasteiger partial charge on any atom is 0.306 e. The summed E-state index contributed by atoms with van der Waals surface area (Å²) in [6.45, 7) is 6.25. The second-order valence-corrected chi connectivity index (χ2v) is 16.1. The van der Waals surface area contributed by atoms with Crippen LogP contribution in [0.1, 0.15) is 194 Å². The van der Waals surface area contributed by atoms with Crippen LogP contribution < -0.4 is 0 Å². The average molecular weight is 883 g/mol. The van der Waals surface area contributed by atoms with E-state index in [2.05, 4.69) is 93.7 Å². The third kappa shape index (κ3) is 48.6. The van der Waals surface area contributed by atoms with Crippen molar-refractivity contribution in [2.45, 2.75) is 200 Å². The van der Waals surface area contributed by atoms with Crippen LogP contribution in [0.4, 0.5) is 0 Å². The minimum absolute atomic E-state index is 0.121. The first-order chi connectivity index (χ1) is 31.5. The molecule has 1 unspecified atom stereocenters. The molecule has 0 radical (unpaired) electrons. The summed E-state index contributed by atoms with van der Waals surface area (Å²) in [6, 6.07) is 0. The van der Waals surface area contributed by atoms with Crippen LogP contribution in [-0.4, -0.2) is 37.2 Å². The minimum atomic E-state index is -0.821. The van der Waals surface area contributed by atoms with Crippen molar-refractivity contribution in [1.29, 1.82) is 0 Å². The van der Waals surface area contributed by atoms with Gasteiger partial charge in [0.2, 0.25) is 0 Å². The summed E-state index contributed by atoms with van der Waals surface area (Å²) in [7, 11) is 0. The van der Waals surface area contributed by atoms with Gasteiger partial charge in [-0.1, -0.05) is 206 Å². The molecule has 0 bridgehead atoms. The van der Waals surface area contributed by atoms with Gasteiger partial charge in [-0.3, -0.25) is 14.4 Å². The number of rotatable bonds is 43. The fourth-order valence-electron chi connectivity index (χ4n) is 6.28. The van der Waals surface area contributed by atoms with Gasteiger partial charge in [0.1, 0.15) is 13.2 Å². The average Bonchev–Trinajstić information content (AvgIpc) is 3.29. The molecule has 64 heavy (non-hydrogen) atoms. The highest BCUT2D eigenvalue weighted by Gasteiger charge is 2.19. The highest BCUT2D eigenvalue weighted by molar-refractivity contribution is 5.71. The van der Waals surface area contributed by atoms with E-state index in [1.807, 2.05) is 60.8 Å². The molecule has 0 amide bonds. The molecule has 0 aromatic carbocycles. The molecule has 6 heteroatoms. The molecule has 0 saturated carbocycles. The zero-order chi connectivity index (χ0) is 46.5. The monoisotopic (exact) mass is 883 g/mol. The Labute approximate surface area is 392 Å². The highest BCUT2D eigenvalue weighted by atomic mass is 16.6. The smallest absolute Gasteiger partial charge is 0.306 e. The standard InChI is InChI=1S/C58H90O6/c1-4-7-10-13-16-19-22-25-27-29-31-33-36-39-42-45-48-51-57(60)63-54-55(53-62-56(59)50-47-44-41-38-35-24-21-18-15-12-9-6-3)64-58(61)52-49-46-43-40-37-34-32-30-28-26-23-20-17-14-11-8-5-2/h7,9-10,12-13,16-22,25-29,31,33,35-36,38,55H,4-6,8,11,14-15,23-24,30,32,34,37,39-54H2,1-3H3/b10-7-,12-9-,16-13-,20-17-,21-18-,22-19-,27-25-,28-26-,31-29+,36-33-,38-35-. The number of carbonyl (C=O) groups excluding carboxylic acids is 3. The van der Waals surface area contributed by atoms with E-state index in [-0.39, 0.29) is 31.1 Å². The quantitative estimate of drug-likeness (QED) is 0.0200. The highest BCUT2D eigenvalue weighted by Crippen LogP contribution is 2.13. The minimum Gasteiger partial charge on any atom is -0.462 e. The largest absolute Gasteiger partial charge is 0.462 e. The van der Waals surface area contributed by atoms with Crippen molar-refractivity contribution in [3.8, 4) is 0 Å². The zero-order valence-electron chi connectivity index (χ0n) is 40.7. The molecule has 6 nitrogen and oxygen atoms in total. The molecule has 0 aliphatic carbocycles. The van der Waals surface area contributed by atoms with E-state index in [9.17, 15) is 14.4 Å². The molecule has 0 aromatic rings. The lowest BCUT2D eigenvalue weighted by atomic mass is 10.1. The summed E-state index contributed by atoms with van der Waals surface area (Å²) in [5.74, 6) is -1.02. The molecule has 0 N–H and O–H groups in total. The van der Waals surface area contributed by atoms with Crippen molar-refractivity contribution in [3.05, 3.63) is 134 Å². The number of hydrogen-bond donors (Lipinski definition) is 0. The second kappa shape index (κ2) is 51.2. The van der Waals surface area contributed by atoms with Crippen molar-refractivity contribution in [2.75, 3.05) is 13.2 Å². The summed E-state index contributed by atoms with van der Waals surface area (Å²) in [5.41, 5.74) is 0. The Hall–Kier alpha value is -4.45. The number of unbranched alkanes of at least 4 members (excludes halogenated alkanes) is 15. The topological polar surface area (TPSA) is 78.9 Å². The van der Waals surface area contributed by atoms with E-state index in [1.165, 1.54) is 51.4 Å². The summed E-state index contributed by atoms with van der Waals surface area (Å²) in [6.07, 6.45) is 71.5. The van der Waals surface area contributed by atoms with Gasteiger partial charge in [0.15, 0.2) is 6.10 Å². The maximum atomic E-state index is 12.8. The zero-order valence-corrected chi connectivity index (χ0v) is 40.7. The molecule has 0 heterocycles. The number of allylic oxidation sites excluding steroid dienone is 22. The van der Waals surface area contributed by atoms with Crippen molar-refractivity contribution >= 4 is 17.9 Å². The molecule has 0 aliphatic heterocycles. The van der Waals surface area contributed by atoms with Crippen LogP contribution in [0.15, 0.2) is 134 Å². The first-order valence-electron chi connectivity index (χ1n) is 25.3. The molecule has 0 aliphatic rings. The summed E-state index contributed by atoms with van der Waals surface area (Å²) in [5, 5.41) is 0. The van der Waals surface area contributed by atoms with E-state index < -0.39 is 6.10 Å². The number of hydrogen-bond acceptors (Lipinski definition) is 6. The van der Waals surface area contributed by atoms with Crippen molar-refractivity contribution in [3.63, 3.8) is 0 Å². The first kappa shape index (κ1) is 59.5. The Kier molecular flexibility index (Phi) is 47.6. The van der Waals surface area contributed by atoms with Gasteiger partial charge in [-0.15, -0.1) is 0 Å². The molecule has 0 aromatic heterocycles. The molecule has 358 valence electrons. The van der Waals surface area contributed by atoms with Crippen LogP contribution in [0.2, 0.25) is 0 Å². The molecule has 0 spiro atoms. The van der Waals surface area contributed by atoms with Gasteiger partial charge in [-0.25, -0.2) is 0 Å². The first-order valence-corrected chi connectivity index (χ1v) is 25.3. The fourth-order valence-corrected chi connectivity index (χ4v) is 6.28. The lowest BCUT2D eigenvalue weighted by Crippen LogP contribution is -2.30. The van der Waals surface area contributed by atoms with Gasteiger partial charge in [-0.05, 0) is 103 Å². The number of esters is 3. The Morgan fingerprint density at radius 1 is 0.344 bits per heavy atom. The molecular weight excluding hydrogens is 793 g/mol. The van der Waals surface area contributed by atoms with E-state index in [0.717, 1.165) is 96.3 Å². The molecule has 0 fully saturated rings. The van der Waals surface area contributed by atoms with Gasteiger partial charge in [0.25, 0.3) is 0 Å². The summed E-state index contributed by atoms with van der Waals surface area (Å²) in [4.78, 5) is 37.9. The van der Waals surface area contributed by atoms with Crippen molar-refractivity contribution in [2.24, 2.45) is 0 Å². The van der Waals surface area contributed by atoms with Crippen LogP contribution in [0.3, 0.4) is 0 Å². The van der Waals surface area contributed by atoms with Gasteiger partial charge in [0, 0.05) is 19.3 Å². The van der Waals surface area contributed by atoms with Crippen LogP contribution in [0.5, 0.6) is 0 Å². The Morgan fingerprint density at radius 2 is 0.688 bits per heavy atom. The van der Waals surface area contributed by atoms with E-state index >= 15 is 0 Å². The van der Waals surface area contributed by atoms with Crippen molar-refractivity contribution in [1.82, 2.24) is 0 Å². The predicted octanol–water partition coefficient (Wildman–Crippen LogP) is 16.7. The number of carbonyl (C=O) groups is 3. The Balaban J connectivity index is 4.56. The lowest BCUT2D eigenvalue weighted by molar-refractivity contribution is -0.167. The van der Waals surface area contributed by atoms with Crippen molar-refractivity contribution < 1.29 is 28.6 Å². The normalized spacial score (nSPS) is 13.2. The van der Waals surface area contributed by atoms with E-state index in [4.69, 9.17) is 14.2 Å². The van der Waals surface area contributed by atoms with E-state index in [1.54, 1.807) is 0 Å². The Bertz CT molecular complexity index is 1430. The Morgan fingerprint density at radius 3 is 1.19 bits per heavy atom. The maximum absolute atomic E-state index is 12.8. The molecule has 0 saturated heterocycles. The van der Waals surface area contributed by atoms with Gasteiger partial charge in [0.05, 0.1) is 0 Å². The van der Waals surface area contributed by atoms with Gasteiger partial charge < -0.3 is 14.2 Å². The van der Waals surface area contributed by atoms with E-state index in [0.29, 0.717) is 25.7 Å². The van der Waals surface area contributed by atoms with Crippen LogP contribution >= 0.6 is 0 Å².